The SMILES string of the molecule is Cl.Cl.Cl.OC1(c2cccs2)CCC(CN2CCN(c3ccccn3)CC2)CC1. The fraction of sp³-hybridized carbons (Fsp3) is 0.550. The Balaban J connectivity index is 0.00000131. The molecule has 2 fully saturated rings. The van der Waals surface area contributed by atoms with Gasteiger partial charge in [0.2, 0.25) is 0 Å². The van der Waals surface area contributed by atoms with Crippen LogP contribution in [0, 0.1) is 5.92 Å². The second-order valence-corrected chi connectivity index (χ2v) is 8.38. The van der Waals surface area contributed by atoms with Gasteiger partial charge in [0, 0.05) is 43.8 Å². The Morgan fingerprint density at radius 1 is 1.00 bits per heavy atom. The molecule has 4 rings (SSSR count). The lowest BCUT2D eigenvalue weighted by atomic mass is 9.78. The number of halogens is 3. The summed E-state index contributed by atoms with van der Waals surface area (Å²) >= 11 is 1.69. The van der Waals surface area contributed by atoms with E-state index in [0.29, 0.717) is 0 Å². The van der Waals surface area contributed by atoms with E-state index in [0.717, 1.165) is 68.5 Å². The summed E-state index contributed by atoms with van der Waals surface area (Å²) in [7, 11) is 0. The highest BCUT2D eigenvalue weighted by Gasteiger charge is 2.36. The van der Waals surface area contributed by atoms with Crippen LogP contribution in [0.1, 0.15) is 30.6 Å². The third-order valence-corrected chi connectivity index (χ3v) is 6.84. The van der Waals surface area contributed by atoms with Gasteiger partial charge in [-0.25, -0.2) is 4.98 Å². The molecule has 0 atom stereocenters. The van der Waals surface area contributed by atoms with Crippen LogP contribution in [0.3, 0.4) is 0 Å². The molecule has 1 saturated carbocycles. The molecule has 2 aromatic heterocycles. The molecule has 8 heteroatoms. The second-order valence-electron chi connectivity index (χ2n) is 7.43. The van der Waals surface area contributed by atoms with Crippen LogP contribution in [0.4, 0.5) is 5.82 Å². The van der Waals surface area contributed by atoms with Crippen molar-refractivity contribution in [3.8, 4) is 0 Å². The van der Waals surface area contributed by atoms with E-state index in [1.54, 1.807) is 11.3 Å². The highest BCUT2D eigenvalue weighted by Crippen LogP contribution is 2.41. The minimum absolute atomic E-state index is 0. The van der Waals surface area contributed by atoms with Gasteiger partial charge in [-0.2, -0.15) is 0 Å². The van der Waals surface area contributed by atoms with Crippen LogP contribution in [-0.4, -0.2) is 47.7 Å². The summed E-state index contributed by atoms with van der Waals surface area (Å²) in [6.07, 6.45) is 5.96. The Labute approximate surface area is 190 Å². The molecule has 0 spiro atoms. The maximum absolute atomic E-state index is 10.9. The first-order valence-corrected chi connectivity index (χ1v) is 10.3. The minimum atomic E-state index is -0.567. The van der Waals surface area contributed by atoms with Crippen LogP contribution in [0.2, 0.25) is 0 Å². The maximum atomic E-state index is 10.9. The predicted molar refractivity (Wildman–Crippen MR) is 125 cm³/mol. The molecule has 0 aromatic carbocycles. The average molecular weight is 467 g/mol. The van der Waals surface area contributed by atoms with Crippen LogP contribution >= 0.6 is 48.6 Å². The lowest BCUT2D eigenvalue weighted by Crippen LogP contribution is -2.48. The van der Waals surface area contributed by atoms with E-state index in [9.17, 15) is 5.11 Å². The Bertz CT molecular complexity index is 659. The number of nitrogens with zero attached hydrogens (tertiary/aromatic N) is 3. The monoisotopic (exact) mass is 465 g/mol. The second kappa shape index (κ2) is 11.6. The first-order valence-electron chi connectivity index (χ1n) is 9.38. The molecule has 1 N–H and O–H groups in total. The van der Waals surface area contributed by atoms with E-state index in [1.165, 1.54) is 6.54 Å². The molecular formula is C20H30Cl3N3OS. The quantitative estimate of drug-likeness (QED) is 0.714. The number of anilines is 1. The fourth-order valence-corrected chi connectivity index (χ4v) is 5.08. The summed E-state index contributed by atoms with van der Waals surface area (Å²) in [6.45, 7) is 5.52. The van der Waals surface area contributed by atoms with Crippen molar-refractivity contribution < 1.29 is 5.11 Å². The van der Waals surface area contributed by atoms with Crippen LogP contribution < -0.4 is 4.90 Å². The normalized spacial score (nSPS) is 25.2. The van der Waals surface area contributed by atoms with Crippen molar-refractivity contribution in [2.24, 2.45) is 5.92 Å². The molecule has 3 heterocycles. The summed E-state index contributed by atoms with van der Waals surface area (Å²) in [5.41, 5.74) is -0.567. The first-order chi connectivity index (χ1) is 12.2. The number of rotatable bonds is 4. The van der Waals surface area contributed by atoms with Gasteiger partial charge >= 0.3 is 0 Å². The molecule has 1 aliphatic heterocycles. The molecule has 0 radical (unpaired) electrons. The van der Waals surface area contributed by atoms with Crippen molar-refractivity contribution in [2.45, 2.75) is 31.3 Å². The highest BCUT2D eigenvalue weighted by molar-refractivity contribution is 7.10. The third kappa shape index (κ3) is 5.97. The van der Waals surface area contributed by atoms with E-state index in [-0.39, 0.29) is 37.2 Å². The maximum Gasteiger partial charge on any atom is 0.128 e. The van der Waals surface area contributed by atoms with Crippen molar-refractivity contribution in [1.29, 1.82) is 0 Å². The van der Waals surface area contributed by atoms with Gasteiger partial charge < -0.3 is 10.0 Å². The highest BCUT2D eigenvalue weighted by atomic mass is 35.5. The standard InChI is InChI=1S/C20H27N3OS.3ClH/c24-20(18-4-3-15-25-18)8-6-17(7-9-20)16-22-11-13-23(14-12-22)19-5-1-2-10-21-19;;;/h1-5,10,15,17,24H,6-9,11-14,16H2;3*1H. The van der Waals surface area contributed by atoms with Gasteiger partial charge in [0.05, 0.1) is 5.60 Å². The van der Waals surface area contributed by atoms with Gasteiger partial charge in [0.25, 0.3) is 0 Å². The van der Waals surface area contributed by atoms with Gasteiger partial charge in [0.15, 0.2) is 0 Å². The van der Waals surface area contributed by atoms with Crippen molar-refractivity contribution in [1.82, 2.24) is 9.88 Å². The first kappa shape index (κ1) is 25.5. The van der Waals surface area contributed by atoms with Crippen LogP contribution in [0.5, 0.6) is 0 Å². The number of thiophene rings is 1. The minimum Gasteiger partial charge on any atom is -0.384 e. The summed E-state index contributed by atoms with van der Waals surface area (Å²) in [5.74, 6) is 1.82. The Morgan fingerprint density at radius 2 is 1.71 bits per heavy atom. The number of hydrogen-bond acceptors (Lipinski definition) is 5. The van der Waals surface area contributed by atoms with Crippen LogP contribution in [0.15, 0.2) is 41.9 Å². The molecule has 1 saturated heterocycles. The summed E-state index contributed by atoms with van der Waals surface area (Å²) in [5, 5.41) is 13.0. The lowest BCUT2D eigenvalue weighted by molar-refractivity contribution is -0.0155. The fourth-order valence-electron chi connectivity index (χ4n) is 4.19. The van der Waals surface area contributed by atoms with Gasteiger partial charge in [-0.05, 0) is 55.2 Å². The third-order valence-electron chi connectivity index (χ3n) is 5.77. The molecular weight excluding hydrogens is 437 g/mol. The number of aliphatic hydroxyl groups is 1. The molecule has 0 amide bonds. The summed E-state index contributed by atoms with van der Waals surface area (Å²) in [4.78, 5) is 10.6. The van der Waals surface area contributed by atoms with Crippen molar-refractivity contribution >= 4 is 54.4 Å². The van der Waals surface area contributed by atoms with Crippen molar-refractivity contribution in [3.05, 3.63) is 46.8 Å². The molecule has 4 nitrogen and oxygen atoms in total. The molecule has 0 unspecified atom stereocenters. The van der Waals surface area contributed by atoms with Gasteiger partial charge in [-0.15, -0.1) is 48.6 Å². The Morgan fingerprint density at radius 3 is 2.29 bits per heavy atom. The van der Waals surface area contributed by atoms with Gasteiger partial charge in [0.1, 0.15) is 5.82 Å². The molecule has 2 aliphatic rings. The lowest BCUT2D eigenvalue weighted by Gasteiger charge is -2.40. The summed E-state index contributed by atoms with van der Waals surface area (Å²) in [6, 6.07) is 10.3. The Hall–Kier alpha value is -0.560. The number of pyridine rings is 1. The number of hydrogen-bond donors (Lipinski definition) is 1. The zero-order valence-electron chi connectivity index (χ0n) is 15.9. The zero-order valence-corrected chi connectivity index (χ0v) is 19.2. The average Bonchev–Trinajstić information content (AvgIpc) is 3.21. The molecule has 1 aliphatic carbocycles. The topological polar surface area (TPSA) is 39.6 Å². The van der Waals surface area contributed by atoms with Gasteiger partial charge in [-0.1, -0.05) is 12.1 Å². The largest absolute Gasteiger partial charge is 0.384 e. The van der Waals surface area contributed by atoms with E-state index in [1.807, 2.05) is 18.3 Å². The van der Waals surface area contributed by atoms with Crippen LogP contribution in [0.25, 0.3) is 0 Å². The van der Waals surface area contributed by atoms with Crippen molar-refractivity contribution in [2.75, 3.05) is 37.6 Å². The molecule has 158 valence electrons. The summed E-state index contributed by atoms with van der Waals surface area (Å²) < 4.78 is 0. The van der Waals surface area contributed by atoms with E-state index < -0.39 is 5.60 Å². The molecule has 2 aromatic rings. The van der Waals surface area contributed by atoms with E-state index in [2.05, 4.69) is 38.4 Å². The number of piperazine rings is 1. The number of aromatic nitrogens is 1. The van der Waals surface area contributed by atoms with Crippen molar-refractivity contribution in [3.63, 3.8) is 0 Å². The van der Waals surface area contributed by atoms with E-state index in [4.69, 9.17) is 0 Å². The Kier molecular flexibility index (Phi) is 10.5. The van der Waals surface area contributed by atoms with E-state index >= 15 is 0 Å². The smallest absolute Gasteiger partial charge is 0.128 e. The van der Waals surface area contributed by atoms with Crippen LogP contribution in [-0.2, 0) is 5.60 Å². The molecule has 28 heavy (non-hydrogen) atoms. The molecule has 0 bridgehead atoms. The predicted octanol–water partition coefficient (Wildman–Crippen LogP) is 4.61. The van der Waals surface area contributed by atoms with Gasteiger partial charge in [-0.3, -0.25) is 4.90 Å². The zero-order chi connectivity index (χ0) is 17.1.